The van der Waals surface area contributed by atoms with Crippen molar-refractivity contribution in [1.29, 1.82) is 0 Å². The first kappa shape index (κ1) is 23.9. The van der Waals surface area contributed by atoms with Gasteiger partial charge in [0.1, 0.15) is 16.9 Å². The molecule has 0 aliphatic heterocycles. The molecule has 4 rings (SSSR count). The lowest BCUT2D eigenvalue weighted by molar-refractivity contribution is -0.308. The number of fused-ring (bicyclic) bond motifs is 2. The fourth-order valence-corrected chi connectivity index (χ4v) is 4.14. The average molecular weight is 478 g/mol. The number of furan rings is 1. The van der Waals surface area contributed by atoms with E-state index in [1.807, 2.05) is 19.9 Å². The van der Waals surface area contributed by atoms with Crippen molar-refractivity contribution in [2.75, 3.05) is 0 Å². The number of aromatic hydroxyl groups is 2. The third-order valence-corrected chi connectivity index (χ3v) is 6.28. The summed E-state index contributed by atoms with van der Waals surface area (Å²) in [7, 11) is 0. The predicted octanol–water partition coefficient (Wildman–Crippen LogP) is 2.29. The number of carboxylic acid groups (broad SMARTS) is 1. The molecule has 2 aromatic heterocycles. The highest BCUT2D eigenvalue weighted by atomic mass is 16.4. The molecule has 2 heterocycles. The summed E-state index contributed by atoms with van der Waals surface area (Å²) in [6.45, 7) is 5.58. The molecule has 0 spiro atoms. The molecule has 0 aliphatic carbocycles. The Bertz CT molecular complexity index is 1530. The van der Waals surface area contributed by atoms with Crippen LogP contribution in [0.4, 0.5) is 0 Å². The van der Waals surface area contributed by atoms with Gasteiger partial charge in [-0.2, -0.15) is 0 Å². The summed E-state index contributed by atoms with van der Waals surface area (Å²) in [6.07, 6.45) is -0.247. The standard InChI is InChI=1S/C26H25NO8/c1-12-14(3)34-22-11-23-18(10-17(12)22)13(2)16(26(33)35-23)5-7-24(30)27-19(25(31)32)8-15-4-6-20(28)21(29)9-15/h4,6,9-11,19,28-29H,5,7-8H2,1-3H3,(H,27,30)(H,31,32)/p-1/t19-/m1/s1. The Balaban J connectivity index is 1.52. The smallest absolute Gasteiger partial charge is 0.339 e. The summed E-state index contributed by atoms with van der Waals surface area (Å²) in [6, 6.07) is 6.09. The van der Waals surface area contributed by atoms with Gasteiger partial charge in [-0.15, -0.1) is 0 Å². The number of aliphatic carboxylic acids is 1. The molecule has 0 radical (unpaired) electrons. The number of phenolic OH excluding ortho intramolecular Hbond substituents is 2. The van der Waals surface area contributed by atoms with Gasteiger partial charge in [0, 0.05) is 28.8 Å². The van der Waals surface area contributed by atoms with E-state index in [-0.39, 0.29) is 25.0 Å². The van der Waals surface area contributed by atoms with E-state index < -0.39 is 29.3 Å². The third-order valence-electron chi connectivity index (χ3n) is 6.28. The minimum atomic E-state index is -1.50. The minimum Gasteiger partial charge on any atom is -0.548 e. The van der Waals surface area contributed by atoms with Gasteiger partial charge in [0.25, 0.3) is 0 Å². The highest BCUT2D eigenvalue weighted by molar-refractivity contribution is 5.96. The molecule has 0 saturated carbocycles. The van der Waals surface area contributed by atoms with Crippen molar-refractivity contribution in [2.24, 2.45) is 0 Å². The Hall–Kier alpha value is -4.27. The summed E-state index contributed by atoms with van der Waals surface area (Å²) < 4.78 is 11.2. The van der Waals surface area contributed by atoms with Crippen molar-refractivity contribution in [3.05, 3.63) is 68.8 Å². The fourth-order valence-electron chi connectivity index (χ4n) is 4.14. The molecule has 9 heteroatoms. The zero-order valence-electron chi connectivity index (χ0n) is 19.4. The maximum absolute atomic E-state index is 12.6. The zero-order valence-corrected chi connectivity index (χ0v) is 19.4. The second-order valence-electron chi connectivity index (χ2n) is 8.59. The number of carboxylic acids is 1. The van der Waals surface area contributed by atoms with Crippen LogP contribution in [0.25, 0.3) is 21.9 Å². The molecule has 1 amide bonds. The number of amides is 1. The number of benzene rings is 2. The second kappa shape index (κ2) is 9.17. The second-order valence-corrected chi connectivity index (χ2v) is 8.59. The number of rotatable bonds is 7. The highest BCUT2D eigenvalue weighted by Gasteiger charge is 2.19. The number of nitrogens with one attached hydrogen (secondary N) is 1. The molecule has 0 bridgehead atoms. The average Bonchev–Trinajstić information content (AvgIpc) is 3.07. The molecule has 1 atom stereocenters. The van der Waals surface area contributed by atoms with Crippen LogP contribution >= 0.6 is 0 Å². The van der Waals surface area contributed by atoms with Crippen LogP contribution < -0.4 is 16.0 Å². The molecule has 35 heavy (non-hydrogen) atoms. The first-order valence-electron chi connectivity index (χ1n) is 11.0. The molecule has 0 fully saturated rings. The van der Waals surface area contributed by atoms with Crippen LogP contribution in [0.5, 0.6) is 11.5 Å². The monoisotopic (exact) mass is 478 g/mol. The van der Waals surface area contributed by atoms with Crippen molar-refractivity contribution >= 4 is 33.8 Å². The molecule has 182 valence electrons. The summed E-state index contributed by atoms with van der Waals surface area (Å²) in [4.78, 5) is 36.7. The third kappa shape index (κ3) is 4.70. The van der Waals surface area contributed by atoms with Gasteiger partial charge in [-0.3, -0.25) is 4.79 Å². The van der Waals surface area contributed by atoms with E-state index in [0.717, 1.165) is 22.1 Å². The van der Waals surface area contributed by atoms with Crippen molar-refractivity contribution < 1.29 is 33.7 Å². The number of carbonyl (C=O) groups excluding carboxylic acids is 2. The summed E-state index contributed by atoms with van der Waals surface area (Å²) in [5, 5.41) is 34.6. The Morgan fingerprint density at radius 1 is 0.971 bits per heavy atom. The molecule has 0 aliphatic rings. The van der Waals surface area contributed by atoms with Crippen LogP contribution in [0.2, 0.25) is 0 Å². The van der Waals surface area contributed by atoms with E-state index in [2.05, 4.69) is 5.32 Å². The van der Waals surface area contributed by atoms with Crippen molar-refractivity contribution in [1.82, 2.24) is 5.32 Å². The Labute approximate surface area is 199 Å². The summed E-state index contributed by atoms with van der Waals surface area (Å²) >= 11 is 0. The van der Waals surface area contributed by atoms with Gasteiger partial charge in [-0.05, 0) is 68.5 Å². The fraction of sp³-hybridized carbons (Fsp3) is 0.269. The van der Waals surface area contributed by atoms with Crippen LogP contribution in [0, 0.1) is 20.8 Å². The van der Waals surface area contributed by atoms with E-state index in [0.29, 0.717) is 27.9 Å². The number of hydrogen-bond donors (Lipinski definition) is 3. The van der Waals surface area contributed by atoms with E-state index >= 15 is 0 Å². The van der Waals surface area contributed by atoms with Gasteiger partial charge < -0.3 is 34.3 Å². The van der Waals surface area contributed by atoms with Crippen molar-refractivity contribution in [3.8, 4) is 11.5 Å². The van der Waals surface area contributed by atoms with Gasteiger partial charge >= 0.3 is 5.63 Å². The molecule has 9 nitrogen and oxygen atoms in total. The van der Waals surface area contributed by atoms with E-state index in [1.165, 1.54) is 18.2 Å². The minimum absolute atomic E-state index is 0.0527. The van der Waals surface area contributed by atoms with Crippen LogP contribution in [0.1, 0.15) is 34.4 Å². The van der Waals surface area contributed by atoms with Crippen LogP contribution in [-0.2, 0) is 22.4 Å². The van der Waals surface area contributed by atoms with E-state index in [9.17, 15) is 29.7 Å². The topological polar surface area (TPSA) is 153 Å². The largest absolute Gasteiger partial charge is 0.548 e. The SMILES string of the molecule is Cc1oc2cc3oc(=O)c(CCC(=O)N[C@H](Cc4ccc(O)c(O)c4)C(=O)[O-])c(C)c3cc2c1C. The zero-order chi connectivity index (χ0) is 25.4. The van der Waals surface area contributed by atoms with Gasteiger partial charge in [0.05, 0.1) is 12.0 Å². The van der Waals surface area contributed by atoms with Crippen LogP contribution in [0.15, 0.2) is 44.0 Å². The van der Waals surface area contributed by atoms with Crippen LogP contribution in [0.3, 0.4) is 0 Å². The maximum atomic E-state index is 12.6. The van der Waals surface area contributed by atoms with E-state index in [4.69, 9.17) is 8.83 Å². The summed E-state index contributed by atoms with van der Waals surface area (Å²) in [5.41, 5.74) is 2.82. The highest BCUT2D eigenvalue weighted by Crippen LogP contribution is 2.31. The van der Waals surface area contributed by atoms with Crippen molar-refractivity contribution in [3.63, 3.8) is 0 Å². The molecule has 4 aromatic rings. The molecule has 0 saturated heterocycles. The van der Waals surface area contributed by atoms with Crippen LogP contribution in [-0.4, -0.2) is 28.1 Å². The van der Waals surface area contributed by atoms with Gasteiger partial charge in [-0.25, -0.2) is 4.79 Å². The quantitative estimate of drug-likeness (QED) is 0.270. The van der Waals surface area contributed by atoms with Gasteiger partial charge in [0.2, 0.25) is 5.91 Å². The van der Waals surface area contributed by atoms with Gasteiger partial charge in [-0.1, -0.05) is 6.07 Å². The van der Waals surface area contributed by atoms with Crippen molar-refractivity contribution in [2.45, 2.75) is 46.1 Å². The number of phenols is 2. The lowest BCUT2D eigenvalue weighted by Crippen LogP contribution is -2.49. The number of hydrogen-bond acceptors (Lipinski definition) is 8. The van der Waals surface area contributed by atoms with E-state index in [1.54, 1.807) is 13.0 Å². The first-order chi connectivity index (χ1) is 16.5. The first-order valence-corrected chi connectivity index (χ1v) is 11.0. The number of aryl methyl sites for hydroxylation is 3. The molecular formula is C26H24NO8-. The Morgan fingerprint density at radius 3 is 2.34 bits per heavy atom. The lowest BCUT2D eigenvalue weighted by Gasteiger charge is -2.20. The molecule has 3 N–H and O–H groups in total. The lowest BCUT2D eigenvalue weighted by atomic mass is 10.00. The van der Waals surface area contributed by atoms with Gasteiger partial charge in [0.15, 0.2) is 11.5 Å². The molecule has 2 aromatic carbocycles. The Morgan fingerprint density at radius 2 is 1.66 bits per heavy atom. The summed E-state index contributed by atoms with van der Waals surface area (Å²) in [5.74, 6) is -2.05. The normalized spacial score (nSPS) is 12.2. The molecular weight excluding hydrogens is 454 g/mol. The maximum Gasteiger partial charge on any atom is 0.339 e. The Kier molecular flexibility index (Phi) is 6.26. The predicted molar refractivity (Wildman–Crippen MR) is 125 cm³/mol. The molecule has 0 unspecified atom stereocenters. The number of carbonyl (C=O) groups is 2.